The van der Waals surface area contributed by atoms with E-state index < -0.39 is 30.1 Å². The maximum atomic E-state index is 12.9. The Morgan fingerprint density at radius 3 is 2.24 bits per heavy atom. The molecule has 2 rings (SSSR count). The average molecular weight is 304 g/mol. The molecule has 0 saturated heterocycles. The first kappa shape index (κ1) is 14.4. The van der Waals surface area contributed by atoms with E-state index in [9.17, 15) is 18.0 Å². The Morgan fingerprint density at radius 1 is 1.19 bits per heavy atom. The van der Waals surface area contributed by atoms with Crippen molar-refractivity contribution in [2.75, 3.05) is 11.5 Å². The van der Waals surface area contributed by atoms with Gasteiger partial charge in [-0.1, -0.05) is 5.21 Å². The lowest BCUT2D eigenvalue weighted by atomic mass is 10.3. The number of hydrogen-bond donors (Lipinski definition) is 3. The first-order chi connectivity index (χ1) is 9.68. The summed E-state index contributed by atoms with van der Waals surface area (Å²) in [5, 5.41) is 14.8. The largest absolute Gasteiger partial charge is 0.476 e. The molecular weight excluding hydrogens is 297 g/mol. The van der Waals surface area contributed by atoms with E-state index in [1.54, 1.807) is 0 Å². The summed E-state index contributed by atoms with van der Waals surface area (Å²) >= 11 is 0. The number of carbonyl (C=O) groups is 1. The molecule has 5 N–H and O–H groups in total. The fraction of sp³-hybridized carbons (Fsp3) is 0.250. The molecule has 2 aromatic heterocycles. The lowest BCUT2D eigenvalue weighted by Crippen LogP contribution is -2.20. The molecule has 0 saturated carbocycles. The van der Waals surface area contributed by atoms with Gasteiger partial charge in [-0.15, -0.1) is 5.10 Å². The number of hydrogen-bond acceptors (Lipinski definition) is 8. The van der Waals surface area contributed by atoms with Crippen molar-refractivity contribution < 1.29 is 23.1 Å². The monoisotopic (exact) mass is 304 g/mol. The molecule has 0 unspecified atom stereocenters. The maximum absolute atomic E-state index is 12.9. The summed E-state index contributed by atoms with van der Waals surface area (Å²) in [5.74, 6) is -2.65. The molecule has 2 heterocycles. The van der Waals surface area contributed by atoms with E-state index >= 15 is 0 Å². The van der Waals surface area contributed by atoms with Crippen molar-refractivity contribution in [1.29, 1.82) is 0 Å². The van der Waals surface area contributed by atoms with Crippen LogP contribution in [0.5, 0.6) is 0 Å². The van der Waals surface area contributed by atoms with Gasteiger partial charge in [0.1, 0.15) is 6.54 Å². The van der Waals surface area contributed by atoms with Crippen molar-refractivity contribution in [3.63, 3.8) is 0 Å². The minimum atomic E-state index is -4.97. The Bertz CT molecular complexity index is 677. The molecular formula is C8H7F3N8O2. The number of anilines is 2. The summed E-state index contributed by atoms with van der Waals surface area (Å²) in [6.45, 7) is -0.619. The summed E-state index contributed by atoms with van der Waals surface area (Å²) in [7, 11) is 0. The number of rotatable bonds is 3. The van der Waals surface area contributed by atoms with Crippen LogP contribution in [0.3, 0.4) is 0 Å². The van der Waals surface area contributed by atoms with Gasteiger partial charge in [-0.25, -0.2) is 9.48 Å². The van der Waals surface area contributed by atoms with E-state index in [0.717, 1.165) is 0 Å². The minimum absolute atomic E-state index is 0.215. The van der Waals surface area contributed by atoms with E-state index in [4.69, 9.17) is 16.6 Å². The van der Waals surface area contributed by atoms with Crippen molar-refractivity contribution in [2.24, 2.45) is 0 Å². The highest BCUT2D eigenvalue weighted by atomic mass is 19.4. The Morgan fingerprint density at radius 2 is 1.76 bits per heavy atom. The molecule has 0 bridgehead atoms. The quantitative estimate of drug-likeness (QED) is 0.672. The van der Waals surface area contributed by atoms with Crippen LogP contribution in [0.1, 0.15) is 22.0 Å². The molecule has 21 heavy (non-hydrogen) atoms. The number of alkyl halides is 3. The Labute approximate surface area is 113 Å². The van der Waals surface area contributed by atoms with Gasteiger partial charge in [0.15, 0.2) is 11.5 Å². The highest BCUT2D eigenvalue weighted by Gasteiger charge is 2.41. The van der Waals surface area contributed by atoms with Crippen LogP contribution in [0, 0.1) is 0 Å². The number of nitrogen functional groups attached to an aromatic ring is 2. The third-order valence-corrected chi connectivity index (χ3v) is 2.21. The molecule has 0 amide bonds. The molecule has 10 nitrogen and oxygen atoms in total. The predicted octanol–water partition coefficient (Wildman–Crippen LogP) is -0.607. The van der Waals surface area contributed by atoms with Crippen LogP contribution >= 0.6 is 0 Å². The highest BCUT2D eigenvalue weighted by molar-refractivity contribution is 5.86. The maximum Gasteiger partial charge on any atom is 0.435 e. The van der Waals surface area contributed by atoms with Gasteiger partial charge in [-0.05, 0) is 0 Å². The van der Waals surface area contributed by atoms with Crippen LogP contribution in [0.2, 0.25) is 0 Å². The fourth-order valence-electron chi connectivity index (χ4n) is 1.51. The van der Waals surface area contributed by atoms with Crippen molar-refractivity contribution >= 4 is 17.9 Å². The summed E-state index contributed by atoms with van der Waals surface area (Å²) in [6.07, 6.45) is -4.97. The van der Waals surface area contributed by atoms with Gasteiger partial charge in [0.25, 0.3) is 0 Å². The van der Waals surface area contributed by atoms with E-state index in [-0.39, 0.29) is 17.7 Å². The van der Waals surface area contributed by atoms with Crippen molar-refractivity contribution in [2.45, 2.75) is 12.7 Å². The highest BCUT2D eigenvalue weighted by Crippen LogP contribution is 2.31. The second kappa shape index (κ2) is 4.84. The Hall–Kier alpha value is -2.99. The Kier molecular flexibility index (Phi) is 3.32. The number of carboxylic acids is 1. The van der Waals surface area contributed by atoms with Gasteiger partial charge < -0.3 is 16.6 Å². The number of aromatic carboxylic acids is 1. The summed E-state index contributed by atoms with van der Waals surface area (Å²) in [6, 6.07) is 0. The molecule has 0 aromatic carbocycles. The zero-order chi connectivity index (χ0) is 15.8. The molecule has 13 heteroatoms. The molecule has 0 spiro atoms. The molecule has 0 atom stereocenters. The third-order valence-electron chi connectivity index (χ3n) is 2.21. The molecule has 0 fully saturated rings. The van der Waals surface area contributed by atoms with E-state index in [2.05, 4.69) is 25.3 Å². The SMILES string of the molecule is Nc1nc(N)nc(Cn2nnc(C(=O)O)c2C(F)(F)F)n1. The van der Waals surface area contributed by atoms with Crippen molar-refractivity contribution in [3.8, 4) is 0 Å². The first-order valence-corrected chi connectivity index (χ1v) is 5.18. The van der Waals surface area contributed by atoms with Gasteiger partial charge in [0.05, 0.1) is 0 Å². The van der Waals surface area contributed by atoms with Gasteiger partial charge in [0, 0.05) is 0 Å². The zero-order valence-corrected chi connectivity index (χ0v) is 10.0. The molecule has 112 valence electrons. The number of nitrogens with zero attached hydrogens (tertiary/aromatic N) is 6. The summed E-state index contributed by atoms with van der Waals surface area (Å²) in [4.78, 5) is 21.4. The molecule has 0 aliphatic rings. The van der Waals surface area contributed by atoms with Crippen LogP contribution in [-0.2, 0) is 12.7 Å². The molecule has 0 aliphatic heterocycles. The molecule has 0 aliphatic carbocycles. The second-order valence-corrected chi connectivity index (χ2v) is 3.72. The van der Waals surface area contributed by atoms with E-state index in [0.29, 0.717) is 4.68 Å². The minimum Gasteiger partial charge on any atom is -0.476 e. The lowest BCUT2D eigenvalue weighted by molar-refractivity contribution is -0.144. The molecule has 0 radical (unpaired) electrons. The van der Waals surface area contributed by atoms with Gasteiger partial charge in [-0.3, -0.25) is 0 Å². The number of nitrogens with two attached hydrogens (primary N) is 2. The zero-order valence-electron chi connectivity index (χ0n) is 10.0. The van der Waals surface area contributed by atoms with Crippen molar-refractivity contribution in [3.05, 3.63) is 17.2 Å². The third kappa shape index (κ3) is 2.96. The smallest absolute Gasteiger partial charge is 0.435 e. The van der Waals surface area contributed by atoms with Crippen LogP contribution in [0.4, 0.5) is 25.1 Å². The predicted molar refractivity (Wildman–Crippen MR) is 59.7 cm³/mol. The van der Waals surface area contributed by atoms with Crippen LogP contribution < -0.4 is 11.5 Å². The van der Waals surface area contributed by atoms with E-state index in [1.165, 1.54) is 0 Å². The van der Waals surface area contributed by atoms with Crippen LogP contribution in [0.25, 0.3) is 0 Å². The number of carboxylic acid groups (broad SMARTS) is 1. The summed E-state index contributed by atoms with van der Waals surface area (Å²) < 4.78 is 39.0. The average Bonchev–Trinajstić information content (AvgIpc) is 2.70. The number of aromatic nitrogens is 6. The standard InChI is InChI=1S/C8H7F3N8O2/c9-8(10,11)4-3(5(20)21)17-18-19(4)1-2-14-6(12)16-7(13)15-2/h1H2,(H,20,21)(H4,12,13,14,15,16). The number of halogens is 3. The fourth-order valence-corrected chi connectivity index (χ4v) is 1.51. The Balaban J connectivity index is 2.47. The van der Waals surface area contributed by atoms with Crippen LogP contribution in [-0.4, -0.2) is 41.0 Å². The van der Waals surface area contributed by atoms with Gasteiger partial charge in [0.2, 0.25) is 17.6 Å². The second-order valence-electron chi connectivity index (χ2n) is 3.72. The summed E-state index contributed by atoms with van der Waals surface area (Å²) in [5.41, 5.74) is 7.81. The van der Waals surface area contributed by atoms with Gasteiger partial charge >= 0.3 is 12.1 Å². The topological polar surface area (TPSA) is 159 Å². The molecule has 2 aromatic rings. The normalized spacial score (nSPS) is 11.6. The lowest BCUT2D eigenvalue weighted by Gasteiger charge is -2.09. The van der Waals surface area contributed by atoms with Crippen LogP contribution in [0.15, 0.2) is 0 Å². The van der Waals surface area contributed by atoms with Gasteiger partial charge in [-0.2, -0.15) is 28.1 Å². The van der Waals surface area contributed by atoms with Crippen molar-refractivity contribution in [1.82, 2.24) is 29.9 Å². The first-order valence-electron chi connectivity index (χ1n) is 5.18. The van der Waals surface area contributed by atoms with E-state index in [1.807, 2.05) is 0 Å².